The number of rotatable bonds is 0. The molecule has 7 heavy (non-hydrogen) atoms. The normalized spacial score (nSPS) is 3.43. The minimum absolute atomic E-state index is 0. The van der Waals surface area contributed by atoms with Gasteiger partial charge in [0.15, 0.2) is 0 Å². The highest BCUT2D eigenvalue weighted by molar-refractivity contribution is 3.91. The Hall–Kier alpha value is -0.110. The Morgan fingerprint density at radius 1 is 1.00 bits per heavy atom. The minimum Gasteiger partial charge on any atom is -0.323 e. The van der Waals surface area contributed by atoms with Crippen molar-refractivity contribution in [1.29, 1.82) is 0 Å². The molecule has 0 aromatic carbocycles. The fraction of sp³-hybridized carbons (Fsp3) is 1.00. The molecule has 0 aromatic rings. The molecule has 50 valence electrons. The summed E-state index contributed by atoms with van der Waals surface area (Å²) in [6, 6.07) is 0. The van der Waals surface area contributed by atoms with Crippen LogP contribution in [-0.2, 0) is 0 Å². The summed E-state index contributed by atoms with van der Waals surface area (Å²) in [7, 11) is 3.75. The zero-order valence-electron chi connectivity index (χ0n) is 4.91. The first kappa shape index (κ1) is 28.6. The van der Waals surface area contributed by atoms with Crippen LogP contribution in [0.15, 0.2) is 0 Å². The molecule has 0 saturated carbocycles. The lowest BCUT2D eigenvalue weighted by atomic mass is 11.0. The molecule has 0 bridgehead atoms. The Kier molecular flexibility index (Phi) is 727. The molecule has 2 heteroatoms. The molecule has 0 rings (SSSR count). The summed E-state index contributed by atoms with van der Waals surface area (Å²) >= 11 is 0. The third-order valence-electron chi connectivity index (χ3n) is 0. The van der Waals surface area contributed by atoms with Crippen molar-refractivity contribution in [3.63, 3.8) is 0 Å². The molecule has 0 saturated heterocycles. The Morgan fingerprint density at radius 3 is 1.00 bits per heavy atom. The Labute approximate surface area is 46.5 Å². The summed E-state index contributed by atoms with van der Waals surface area (Å²) in [4.78, 5) is 0. The van der Waals surface area contributed by atoms with Crippen molar-refractivity contribution in [2.24, 2.45) is 0 Å². The average molecular weight is 111 g/mol. The van der Waals surface area contributed by atoms with Crippen LogP contribution < -0.4 is 5.32 Å². The van der Waals surface area contributed by atoms with Crippen molar-refractivity contribution >= 4 is 0 Å². The maximum atomic E-state index is 2.75. The molecule has 0 aliphatic carbocycles. The van der Waals surface area contributed by atoms with Gasteiger partial charge in [0.1, 0.15) is 0 Å². The molecular weight excluding hydrogens is 93.1 g/mol. The van der Waals surface area contributed by atoms with Crippen molar-refractivity contribution in [2.75, 3.05) is 14.1 Å². The molecular formula is C5H18FN. The monoisotopic (exact) mass is 111 g/mol. The van der Waals surface area contributed by atoms with E-state index in [-0.39, 0.29) is 12.1 Å². The highest BCUT2D eigenvalue weighted by Crippen LogP contribution is 1.14. The van der Waals surface area contributed by atoms with E-state index in [4.69, 9.17) is 0 Å². The third kappa shape index (κ3) is 7370. The third-order valence-corrected chi connectivity index (χ3v) is 0. The quantitative estimate of drug-likeness (QED) is 0.501. The largest absolute Gasteiger partial charge is 0.323 e. The Balaban J connectivity index is -0.0000000105. The highest BCUT2D eigenvalue weighted by atomic mass is 19.0. The van der Waals surface area contributed by atoms with Crippen molar-refractivity contribution in [2.45, 2.75) is 21.3 Å². The second kappa shape index (κ2) is 178. The van der Waals surface area contributed by atoms with E-state index < -0.39 is 0 Å². The van der Waals surface area contributed by atoms with Gasteiger partial charge in [-0.3, -0.25) is 4.70 Å². The molecule has 0 atom stereocenters. The second-order valence-electron chi connectivity index (χ2n) is 0.500. The lowest BCUT2D eigenvalue weighted by Crippen LogP contribution is -1.89. The predicted octanol–water partition coefficient (Wildman–Crippen LogP) is 1.65. The smallest absolute Gasteiger partial charge is 0.0167 e. The van der Waals surface area contributed by atoms with Crippen molar-refractivity contribution < 1.29 is 4.70 Å². The standard InChI is InChI=1S/C2H7N.C2H6.CH4.FH/c1-3-2;1-2;;/h3H,1-2H3;1-2H3;1H4;1H. The van der Waals surface area contributed by atoms with E-state index in [0.29, 0.717) is 0 Å². The fourth-order valence-corrected chi connectivity index (χ4v) is 0. The van der Waals surface area contributed by atoms with Gasteiger partial charge in [0, 0.05) is 0 Å². The van der Waals surface area contributed by atoms with E-state index in [1.165, 1.54) is 0 Å². The molecule has 1 nitrogen and oxygen atoms in total. The van der Waals surface area contributed by atoms with Gasteiger partial charge in [-0.05, 0) is 14.1 Å². The van der Waals surface area contributed by atoms with Crippen LogP contribution in [0, 0.1) is 0 Å². The average Bonchev–Trinajstić information content (AvgIpc) is 1.46. The van der Waals surface area contributed by atoms with Gasteiger partial charge < -0.3 is 5.32 Å². The van der Waals surface area contributed by atoms with E-state index in [0.717, 1.165) is 0 Å². The SMILES string of the molecule is C.CC.CNC.F. The van der Waals surface area contributed by atoms with E-state index in [2.05, 4.69) is 5.32 Å². The van der Waals surface area contributed by atoms with Gasteiger partial charge in [0.25, 0.3) is 0 Å². The van der Waals surface area contributed by atoms with E-state index >= 15 is 0 Å². The lowest BCUT2D eigenvalue weighted by Gasteiger charge is -1.59. The van der Waals surface area contributed by atoms with Crippen LogP contribution in [0.4, 0.5) is 4.70 Å². The van der Waals surface area contributed by atoms with Gasteiger partial charge >= 0.3 is 0 Å². The molecule has 0 heterocycles. The number of hydrogen-bond acceptors (Lipinski definition) is 1. The zero-order chi connectivity index (χ0) is 4.71. The molecule has 0 radical (unpaired) electrons. The zero-order valence-corrected chi connectivity index (χ0v) is 4.91. The first-order chi connectivity index (χ1) is 2.41. The van der Waals surface area contributed by atoms with Crippen LogP contribution in [0.1, 0.15) is 21.3 Å². The first-order valence-electron chi connectivity index (χ1n) is 2.00. The van der Waals surface area contributed by atoms with Crippen molar-refractivity contribution in [3.8, 4) is 0 Å². The summed E-state index contributed by atoms with van der Waals surface area (Å²) in [6.07, 6.45) is 0. The molecule has 0 aliphatic heterocycles. The van der Waals surface area contributed by atoms with E-state index in [1.54, 1.807) is 0 Å². The lowest BCUT2D eigenvalue weighted by molar-refractivity contribution is 1.02. The number of halogens is 1. The molecule has 0 amide bonds. The second-order valence-corrected chi connectivity index (χ2v) is 0.500. The van der Waals surface area contributed by atoms with Gasteiger partial charge in [-0.15, -0.1) is 0 Å². The maximum absolute atomic E-state index is 2.75. The Bertz CT molecular complexity index is 8.04. The molecule has 1 N–H and O–H groups in total. The fourth-order valence-electron chi connectivity index (χ4n) is 0. The van der Waals surface area contributed by atoms with Gasteiger partial charge in [-0.25, -0.2) is 0 Å². The summed E-state index contributed by atoms with van der Waals surface area (Å²) in [6.45, 7) is 4.00. The van der Waals surface area contributed by atoms with Gasteiger partial charge in [-0.1, -0.05) is 21.3 Å². The van der Waals surface area contributed by atoms with Crippen LogP contribution in [0.25, 0.3) is 0 Å². The molecule has 0 spiro atoms. The highest BCUT2D eigenvalue weighted by Gasteiger charge is 1.25. The van der Waals surface area contributed by atoms with Crippen molar-refractivity contribution in [1.82, 2.24) is 5.32 Å². The minimum atomic E-state index is 0. The summed E-state index contributed by atoms with van der Waals surface area (Å²) in [5.41, 5.74) is 0. The van der Waals surface area contributed by atoms with Crippen molar-refractivity contribution in [3.05, 3.63) is 0 Å². The molecule has 0 aromatic heterocycles. The number of nitrogens with one attached hydrogen (secondary N) is 1. The van der Waals surface area contributed by atoms with Crippen LogP contribution in [0.2, 0.25) is 0 Å². The number of hydrogen-bond donors (Lipinski definition) is 1. The van der Waals surface area contributed by atoms with Crippen LogP contribution in [0.5, 0.6) is 0 Å². The topological polar surface area (TPSA) is 12.0 Å². The van der Waals surface area contributed by atoms with Gasteiger partial charge in [0.05, 0.1) is 0 Å². The first-order valence-corrected chi connectivity index (χ1v) is 2.00. The summed E-state index contributed by atoms with van der Waals surface area (Å²) in [5, 5.41) is 2.75. The molecule has 0 aliphatic rings. The van der Waals surface area contributed by atoms with Gasteiger partial charge in [0.2, 0.25) is 0 Å². The molecule has 0 unspecified atom stereocenters. The summed E-state index contributed by atoms with van der Waals surface area (Å²) < 4.78 is 0. The Morgan fingerprint density at radius 2 is 1.00 bits per heavy atom. The predicted molar refractivity (Wildman–Crippen MR) is 35.6 cm³/mol. The van der Waals surface area contributed by atoms with E-state index in [9.17, 15) is 0 Å². The summed E-state index contributed by atoms with van der Waals surface area (Å²) in [5.74, 6) is 0. The van der Waals surface area contributed by atoms with E-state index in [1.807, 2.05) is 27.9 Å². The van der Waals surface area contributed by atoms with Crippen LogP contribution in [-0.4, -0.2) is 14.1 Å². The van der Waals surface area contributed by atoms with Crippen LogP contribution in [0.3, 0.4) is 0 Å². The maximum Gasteiger partial charge on any atom is -0.0167 e. The molecule has 0 fully saturated rings. The van der Waals surface area contributed by atoms with Gasteiger partial charge in [-0.2, -0.15) is 0 Å². The van der Waals surface area contributed by atoms with Crippen LogP contribution >= 0.6 is 0 Å².